The van der Waals surface area contributed by atoms with Crippen molar-refractivity contribution in [2.45, 2.75) is 13.8 Å². The van der Waals surface area contributed by atoms with Gasteiger partial charge in [-0.05, 0) is 43.7 Å². The van der Waals surface area contributed by atoms with E-state index < -0.39 is 11.9 Å². The Morgan fingerprint density at radius 2 is 1.81 bits per heavy atom. The third-order valence-electron chi connectivity index (χ3n) is 5.78. The van der Waals surface area contributed by atoms with Crippen LogP contribution in [0.5, 0.6) is 5.75 Å². The van der Waals surface area contributed by atoms with Gasteiger partial charge in [-0.2, -0.15) is 0 Å². The van der Waals surface area contributed by atoms with Gasteiger partial charge in [0.2, 0.25) is 0 Å². The van der Waals surface area contributed by atoms with Gasteiger partial charge in [-0.3, -0.25) is 9.59 Å². The lowest BCUT2D eigenvalue weighted by atomic mass is 10.0. The van der Waals surface area contributed by atoms with E-state index in [1.165, 1.54) is 4.90 Å². The highest BCUT2D eigenvalue weighted by Gasteiger charge is 2.28. The summed E-state index contributed by atoms with van der Waals surface area (Å²) in [6.45, 7) is 3.54. The van der Waals surface area contributed by atoms with Crippen molar-refractivity contribution in [3.63, 3.8) is 0 Å². The number of benzene rings is 2. The van der Waals surface area contributed by atoms with Crippen LogP contribution in [0, 0.1) is 6.92 Å². The number of fused-ring (bicyclic) bond motifs is 1. The molecule has 0 aliphatic rings. The fraction of sp³-hybridized carbons (Fsp3) is 0.214. The summed E-state index contributed by atoms with van der Waals surface area (Å²) in [7, 11) is 4.85. The second-order valence-corrected chi connectivity index (χ2v) is 9.46. The summed E-state index contributed by atoms with van der Waals surface area (Å²) in [4.78, 5) is 45.8. The first-order valence-electron chi connectivity index (χ1n) is 11.6. The number of para-hydroxylation sites is 1. The van der Waals surface area contributed by atoms with Gasteiger partial charge in [0.15, 0.2) is 0 Å². The molecule has 1 N–H and O–H groups in total. The lowest BCUT2D eigenvalue weighted by molar-refractivity contribution is 0.0527. The maximum Gasteiger partial charge on any atom is 0.341 e. The second-order valence-electron chi connectivity index (χ2n) is 8.44. The highest BCUT2D eigenvalue weighted by Crippen LogP contribution is 2.35. The van der Waals surface area contributed by atoms with Gasteiger partial charge in [0.1, 0.15) is 10.8 Å². The predicted molar refractivity (Wildman–Crippen MR) is 145 cm³/mol. The van der Waals surface area contributed by atoms with Crippen molar-refractivity contribution in [1.82, 2.24) is 9.88 Å². The van der Waals surface area contributed by atoms with Crippen LogP contribution in [0.1, 0.15) is 42.9 Å². The quantitative estimate of drug-likeness (QED) is 0.329. The normalized spacial score (nSPS) is 10.7. The zero-order valence-electron chi connectivity index (χ0n) is 21.2. The molecular weight excluding hydrogens is 490 g/mol. The smallest absolute Gasteiger partial charge is 0.341 e. The number of anilines is 1. The molecule has 0 aliphatic heterocycles. The Labute approximate surface area is 218 Å². The third kappa shape index (κ3) is 5.17. The van der Waals surface area contributed by atoms with E-state index >= 15 is 0 Å². The summed E-state index contributed by atoms with van der Waals surface area (Å²) >= 11 is 1.05. The van der Waals surface area contributed by atoms with E-state index in [2.05, 4.69) is 5.32 Å². The minimum Gasteiger partial charge on any atom is -0.497 e. The molecular formula is C28H27N3O5S. The molecule has 2 aromatic heterocycles. The van der Waals surface area contributed by atoms with Crippen molar-refractivity contribution in [3.05, 3.63) is 76.2 Å². The molecule has 0 atom stereocenters. The van der Waals surface area contributed by atoms with Crippen molar-refractivity contribution in [2.75, 3.05) is 33.1 Å². The van der Waals surface area contributed by atoms with E-state index in [9.17, 15) is 14.4 Å². The van der Waals surface area contributed by atoms with Crippen molar-refractivity contribution in [3.8, 4) is 17.0 Å². The summed E-state index contributed by atoms with van der Waals surface area (Å²) in [5.74, 6) is -0.618. The van der Waals surface area contributed by atoms with Crippen molar-refractivity contribution < 1.29 is 23.9 Å². The molecule has 190 valence electrons. The molecule has 4 aromatic rings. The summed E-state index contributed by atoms with van der Waals surface area (Å²) in [5, 5.41) is 3.78. The standard InChI is InChI=1S/C28H27N3O5S/c1-6-36-28(34)23-16(2)24(27(33)31(3)4)37-26(23)30-25(32)20-15-22(17-10-9-11-18(14-17)35-5)29-21-13-8-7-12-19(20)21/h7-15H,6H2,1-5H3,(H,30,32). The summed E-state index contributed by atoms with van der Waals surface area (Å²) in [6.07, 6.45) is 0. The molecule has 0 spiro atoms. The summed E-state index contributed by atoms with van der Waals surface area (Å²) in [5.41, 5.74) is 3.05. The molecule has 2 heterocycles. The molecule has 0 bridgehead atoms. The number of aromatic nitrogens is 1. The van der Waals surface area contributed by atoms with E-state index in [1.54, 1.807) is 41.1 Å². The van der Waals surface area contributed by atoms with Crippen LogP contribution in [0.2, 0.25) is 0 Å². The lowest BCUT2D eigenvalue weighted by Crippen LogP contribution is -2.21. The number of hydrogen-bond acceptors (Lipinski definition) is 7. The highest BCUT2D eigenvalue weighted by atomic mass is 32.1. The number of nitrogens with one attached hydrogen (secondary N) is 1. The second kappa shape index (κ2) is 10.8. The Balaban J connectivity index is 1.82. The number of rotatable bonds is 7. The van der Waals surface area contributed by atoms with E-state index in [0.29, 0.717) is 38.4 Å². The number of thiophene rings is 1. The Bertz CT molecular complexity index is 1510. The molecule has 2 aromatic carbocycles. The maximum atomic E-state index is 13.7. The molecule has 4 rings (SSSR count). The first-order valence-corrected chi connectivity index (χ1v) is 12.4. The van der Waals surface area contributed by atoms with Crippen LogP contribution in [0.25, 0.3) is 22.2 Å². The number of pyridine rings is 1. The fourth-order valence-corrected chi connectivity index (χ4v) is 5.13. The van der Waals surface area contributed by atoms with Gasteiger partial charge >= 0.3 is 5.97 Å². The van der Waals surface area contributed by atoms with Gasteiger partial charge in [-0.25, -0.2) is 9.78 Å². The largest absolute Gasteiger partial charge is 0.497 e. The fourth-order valence-electron chi connectivity index (χ4n) is 3.92. The minimum absolute atomic E-state index is 0.164. The number of carbonyl (C=O) groups excluding carboxylic acids is 3. The van der Waals surface area contributed by atoms with Gasteiger partial charge in [0.25, 0.3) is 11.8 Å². The van der Waals surface area contributed by atoms with Crippen LogP contribution in [0.15, 0.2) is 54.6 Å². The Morgan fingerprint density at radius 1 is 1.05 bits per heavy atom. The molecule has 2 amide bonds. The summed E-state index contributed by atoms with van der Waals surface area (Å²) < 4.78 is 10.6. The Morgan fingerprint density at radius 3 is 2.51 bits per heavy atom. The monoisotopic (exact) mass is 517 g/mol. The SMILES string of the molecule is CCOC(=O)c1c(NC(=O)c2cc(-c3cccc(OC)c3)nc3ccccc23)sc(C(=O)N(C)C)c1C. The van der Waals surface area contributed by atoms with Crippen LogP contribution < -0.4 is 10.1 Å². The van der Waals surface area contributed by atoms with Gasteiger partial charge < -0.3 is 19.7 Å². The average Bonchev–Trinajstić information content (AvgIpc) is 3.22. The van der Waals surface area contributed by atoms with Crippen molar-refractivity contribution >= 4 is 45.0 Å². The van der Waals surface area contributed by atoms with Crippen molar-refractivity contribution in [2.24, 2.45) is 0 Å². The van der Waals surface area contributed by atoms with Crippen LogP contribution in [0.4, 0.5) is 5.00 Å². The number of ether oxygens (including phenoxy) is 2. The number of amides is 2. The van der Waals surface area contributed by atoms with Crippen LogP contribution in [0.3, 0.4) is 0 Å². The molecule has 0 radical (unpaired) electrons. The van der Waals surface area contributed by atoms with Gasteiger partial charge in [-0.1, -0.05) is 30.3 Å². The van der Waals surface area contributed by atoms with Gasteiger partial charge in [0.05, 0.1) is 40.9 Å². The van der Waals surface area contributed by atoms with E-state index in [4.69, 9.17) is 14.5 Å². The molecule has 37 heavy (non-hydrogen) atoms. The van der Waals surface area contributed by atoms with E-state index in [0.717, 1.165) is 16.9 Å². The molecule has 0 saturated carbocycles. The number of carbonyl (C=O) groups is 3. The first kappa shape index (κ1) is 25.8. The Kier molecular flexibility index (Phi) is 7.54. The first-order chi connectivity index (χ1) is 17.7. The molecule has 0 aliphatic carbocycles. The zero-order chi connectivity index (χ0) is 26.7. The van der Waals surface area contributed by atoms with Gasteiger partial charge in [0, 0.05) is 25.0 Å². The van der Waals surface area contributed by atoms with Gasteiger partial charge in [-0.15, -0.1) is 11.3 Å². The molecule has 8 nitrogen and oxygen atoms in total. The molecule has 0 saturated heterocycles. The van der Waals surface area contributed by atoms with Crippen LogP contribution in [-0.2, 0) is 4.74 Å². The van der Waals surface area contributed by atoms with Crippen LogP contribution >= 0.6 is 11.3 Å². The van der Waals surface area contributed by atoms with Crippen molar-refractivity contribution in [1.29, 1.82) is 0 Å². The number of methoxy groups -OCH3 is 1. The molecule has 9 heteroatoms. The predicted octanol–water partition coefficient (Wildman–Crippen LogP) is 5.41. The highest BCUT2D eigenvalue weighted by molar-refractivity contribution is 7.18. The number of nitrogens with zero attached hydrogens (tertiary/aromatic N) is 2. The topological polar surface area (TPSA) is 97.8 Å². The number of esters is 1. The number of hydrogen-bond donors (Lipinski definition) is 1. The lowest BCUT2D eigenvalue weighted by Gasteiger charge is -2.11. The van der Waals surface area contributed by atoms with E-state index in [-0.39, 0.29) is 23.1 Å². The molecule has 0 fully saturated rings. The molecule has 0 unspecified atom stereocenters. The average molecular weight is 518 g/mol. The Hall–Kier alpha value is -4.24. The van der Waals surface area contributed by atoms with Crippen LogP contribution in [-0.4, -0.2) is 55.5 Å². The third-order valence-corrected chi connectivity index (χ3v) is 6.98. The zero-order valence-corrected chi connectivity index (χ0v) is 22.1. The maximum absolute atomic E-state index is 13.7. The minimum atomic E-state index is -0.596. The summed E-state index contributed by atoms with van der Waals surface area (Å²) in [6, 6.07) is 16.5. The van der Waals surface area contributed by atoms with E-state index in [1.807, 2.05) is 48.5 Å².